The number of hydrogen-bond donors (Lipinski definition) is 0. The molecular formula is C11H11N3O2. The molecule has 0 radical (unpaired) electrons. The molecule has 5 heteroatoms. The molecule has 2 heterocycles. The Kier molecular flexibility index (Phi) is 1.92. The molecule has 82 valence electrons. The molecule has 16 heavy (non-hydrogen) atoms. The second kappa shape index (κ2) is 3.30. The lowest BCUT2D eigenvalue weighted by Crippen LogP contribution is -2.04. The maximum absolute atomic E-state index is 11.5. The van der Waals surface area contributed by atoms with Crippen molar-refractivity contribution in [3.05, 3.63) is 29.7 Å². The Labute approximate surface area is 92.1 Å². The van der Waals surface area contributed by atoms with E-state index in [0.717, 1.165) is 18.7 Å². The van der Waals surface area contributed by atoms with Crippen LogP contribution in [0.5, 0.6) is 0 Å². The highest BCUT2D eigenvalue weighted by Gasteiger charge is 2.28. The van der Waals surface area contributed by atoms with E-state index in [1.165, 1.54) is 7.11 Å². The van der Waals surface area contributed by atoms with Crippen LogP contribution in [0, 0.1) is 0 Å². The van der Waals surface area contributed by atoms with Gasteiger partial charge in [0.25, 0.3) is 0 Å². The van der Waals surface area contributed by atoms with Gasteiger partial charge in [0.2, 0.25) is 0 Å². The van der Waals surface area contributed by atoms with Crippen LogP contribution in [0.25, 0.3) is 5.65 Å². The fourth-order valence-corrected chi connectivity index (χ4v) is 1.71. The van der Waals surface area contributed by atoms with E-state index < -0.39 is 0 Å². The molecule has 1 saturated carbocycles. The van der Waals surface area contributed by atoms with Crippen LogP contribution in [0.4, 0.5) is 0 Å². The predicted molar refractivity (Wildman–Crippen MR) is 56.3 cm³/mol. The smallest absolute Gasteiger partial charge is 0.341 e. The summed E-state index contributed by atoms with van der Waals surface area (Å²) in [6.07, 6.45) is 4.08. The molecule has 2 aromatic rings. The van der Waals surface area contributed by atoms with Crippen molar-refractivity contribution in [3.8, 4) is 0 Å². The van der Waals surface area contributed by atoms with Crippen molar-refractivity contribution in [2.24, 2.45) is 0 Å². The van der Waals surface area contributed by atoms with Gasteiger partial charge in [-0.3, -0.25) is 0 Å². The maximum atomic E-state index is 11.5. The minimum atomic E-state index is -0.375. The molecule has 3 rings (SSSR count). The summed E-state index contributed by atoms with van der Waals surface area (Å²) in [5.74, 6) is 0.932. The van der Waals surface area contributed by atoms with Gasteiger partial charge in [0.1, 0.15) is 5.56 Å². The van der Waals surface area contributed by atoms with E-state index in [4.69, 9.17) is 4.74 Å². The van der Waals surface area contributed by atoms with Crippen molar-refractivity contribution in [2.45, 2.75) is 18.8 Å². The number of pyridine rings is 1. The van der Waals surface area contributed by atoms with Crippen LogP contribution in [0.15, 0.2) is 18.3 Å². The highest BCUT2D eigenvalue weighted by molar-refractivity contribution is 5.95. The standard InChI is InChI=1S/C11H11N3O2/c1-16-11(15)8-3-2-6-14-10(8)12-9(13-14)7-4-5-7/h2-3,6-7H,4-5H2,1H3. The first kappa shape index (κ1) is 9.33. The summed E-state index contributed by atoms with van der Waals surface area (Å²) < 4.78 is 6.35. The first-order chi connectivity index (χ1) is 7.79. The van der Waals surface area contributed by atoms with Gasteiger partial charge in [-0.1, -0.05) is 0 Å². The second-order valence-electron chi connectivity index (χ2n) is 3.93. The van der Waals surface area contributed by atoms with Crippen molar-refractivity contribution >= 4 is 11.6 Å². The zero-order valence-electron chi connectivity index (χ0n) is 8.88. The molecule has 0 saturated heterocycles. The first-order valence-electron chi connectivity index (χ1n) is 5.23. The van der Waals surface area contributed by atoms with E-state index in [1.54, 1.807) is 22.8 Å². The van der Waals surface area contributed by atoms with Crippen LogP contribution in [-0.2, 0) is 4.74 Å². The van der Waals surface area contributed by atoms with Gasteiger partial charge in [0.05, 0.1) is 7.11 Å². The summed E-state index contributed by atoms with van der Waals surface area (Å²) in [5, 5.41) is 4.35. The molecule has 0 N–H and O–H groups in total. The summed E-state index contributed by atoms with van der Waals surface area (Å²) in [4.78, 5) is 15.9. The van der Waals surface area contributed by atoms with Crippen molar-refractivity contribution in [2.75, 3.05) is 7.11 Å². The molecule has 0 spiro atoms. The normalized spacial score (nSPS) is 15.3. The molecule has 1 aliphatic rings. The number of nitrogens with zero attached hydrogens (tertiary/aromatic N) is 3. The summed E-state index contributed by atoms with van der Waals surface area (Å²) in [6, 6.07) is 3.47. The van der Waals surface area contributed by atoms with E-state index in [1.807, 2.05) is 0 Å². The Morgan fingerprint density at radius 3 is 3.06 bits per heavy atom. The highest BCUT2D eigenvalue weighted by atomic mass is 16.5. The van der Waals surface area contributed by atoms with E-state index >= 15 is 0 Å². The van der Waals surface area contributed by atoms with Gasteiger partial charge in [-0.25, -0.2) is 14.3 Å². The van der Waals surface area contributed by atoms with E-state index in [2.05, 4.69) is 10.1 Å². The quantitative estimate of drug-likeness (QED) is 0.713. The summed E-state index contributed by atoms with van der Waals surface area (Å²) in [5.41, 5.74) is 1.04. The fourth-order valence-electron chi connectivity index (χ4n) is 1.71. The molecule has 5 nitrogen and oxygen atoms in total. The van der Waals surface area contributed by atoms with Crippen LogP contribution in [0.1, 0.15) is 34.9 Å². The third kappa shape index (κ3) is 1.36. The van der Waals surface area contributed by atoms with Crippen LogP contribution >= 0.6 is 0 Å². The molecule has 0 bridgehead atoms. The van der Waals surface area contributed by atoms with E-state index in [9.17, 15) is 4.79 Å². The minimum Gasteiger partial charge on any atom is -0.465 e. The molecule has 2 aromatic heterocycles. The third-order valence-corrected chi connectivity index (χ3v) is 2.73. The number of ether oxygens (including phenoxy) is 1. The Morgan fingerprint density at radius 1 is 1.56 bits per heavy atom. The van der Waals surface area contributed by atoms with Gasteiger partial charge in [0.15, 0.2) is 11.5 Å². The van der Waals surface area contributed by atoms with Crippen LogP contribution in [-0.4, -0.2) is 27.7 Å². The third-order valence-electron chi connectivity index (χ3n) is 2.73. The minimum absolute atomic E-state index is 0.375. The van der Waals surface area contributed by atoms with Gasteiger partial charge in [-0.05, 0) is 25.0 Å². The number of methoxy groups -OCH3 is 1. The Balaban J connectivity index is 2.17. The van der Waals surface area contributed by atoms with Crippen LogP contribution < -0.4 is 0 Å². The zero-order chi connectivity index (χ0) is 11.1. The fraction of sp³-hybridized carbons (Fsp3) is 0.364. The highest BCUT2D eigenvalue weighted by Crippen LogP contribution is 2.38. The zero-order valence-corrected chi connectivity index (χ0v) is 8.88. The molecule has 0 atom stereocenters. The Hall–Kier alpha value is -1.91. The number of esters is 1. The molecule has 0 unspecified atom stereocenters. The lowest BCUT2D eigenvalue weighted by atomic mass is 10.3. The number of hydrogen-bond acceptors (Lipinski definition) is 4. The second-order valence-corrected chi connectivity index (χ2v) is 3.93. The summed E-state index contributed by atoms with van der Waals surface area (Å²) in [7, 11) is 1.37. The Bertz CT molecular complexity index is 557. The van der Waals surface area contributed by atoms with Crippen molar-refractivity contribution < 1.29 is 9.53 Å². The number of carbonyl (C=O) groups excluding carboxylic acids is 1. The molecule has 1 fully saturated rings. The first-order valence-corrected chi connectivity index (χ1v) is 5.23. The van der Waals surface area contributed by atoms with Crippen molar-refractivity contribution in [1.82, 2.24) is 14.6 Å². The predicted octanol–water partition coefficient (Wildman–Crippen LogP) is 1.39. The van der Waals surface area contributed by atoms with Crippen molar-refractivity contribution in [1.29, 1.82) is 0 Å². The number of carbonyl (C=O) groups is 1. The van der Waals surface area contributed by atoms with Gasteiger partial charge in [-0.2, -0.15) is 5.10 Å². The topological polar surface area (TPSA) is 56.5 Å². The SMILES string of the molecule is COC(=O)c1cccn2nc(C3CC3)nc12. The lowest BCUT2D eigenvalue weighted by molar-refractivity contribution is 0.0602. The number of aromatic nitrogens is 3. The van der Waals surface area contributed by atoms with Gasteiger partial charge >= 0.3 is 5.97 Å². The lowest BCUT2D eigenvalue weighted by Gasteiger charge is -1.99. The Morgan fingerprint density at radius 2 is 2.38 bits per heavy atom. The van der Waals surface area contributed by atoms with Crippen LogP contribution in [0.2, 0.25) is 0 Å². The average molecular weight is 217 g/mol. The molecule has 0 amide bonds. The largest absolute Gasteiger partial charge is 0.465 e. The maximum Gasteiger partial charge on any atom is 0.341 e. The average Bonchev–Trinajstić information content (AvgIpc) is 3.07. The number of fused-ring (bicyclic) bond motifs is 1. The van der Waals surface area contributed by atoms with E-state index in [0.29, 0.717) is 17.1 Å². The molecule has 1 aliphatic carbocycles. The van der Waals surface area contributed by atoms with Crippen LogP contribution in [0.3, 0.4) is 0 Å². The van der Waals surface area contributed by atoms with Crippen molar-refractivity contribution in [3.63, 3.8) is 0 Å². The number of rotatable bonds is 2. The van der Waals surface area contributed by atoms with Gasteiger partial charge < -0.3 is 4.74 Å². The summed E-state index contributed by atoms with van der Waals surface area (Å²) >= 11 is 0. The molecular weight excluding hydrogens is 206 g/mol. The van der Waals surface area contributed by atoms with Gasteiger partial charge in [0, 0.05) is 12.1 Å². The molecule has 0 aliphatic heterocycles. The van der Waals surface area contributed by atoms with E-state index in [-0.39, 0.29) is 5.97 Å². The summed E-state index contributed by atoms with van der Waals surface area (Å²) in [6.45, 7) is 0. The molecule has 0 aromatic carbocycles. The monoisotopic (exact) mass is 217 g/mol. The van der Waals surface area contributed by atoms with Gasteiger partial charge in [-0.15, -0.1) is 0 Å².